The minimum atomic E-state index is -2.60. The first kappa shape index (κ1) is 14.1. The highest BCUT2D eigenvalue weighted by atomic mass is 19.3. The van der Waals surface area contributed by atoms with E-state index in [0.29, 0.717) is 25.7 Å². The number of aliphatic hydroxyl groups excluding tert-OH is 1. The third-order valence-electron chi connectivity index (χ3n) is 4.49. The van der Waals surface area contributed by atoms with Crippen LogP contribution in [-0.2, 0) is 0 Å². The van der Waals surface area contributed by atoms with Crippen LogP contribution < -0.4 is 0 Å². The highest BCUT2D eigenvalue weighted by molar-refractivity contribution is 4.88. The second kappa shape index (κ2) is 4.99. The summed E-state index contributed by atoms with van der Waals surface area (Å²) in [6.07, 6.45) is -0.188. The van der Waals surface area contributed by atoms with Gasteiger partial charge >= 0.3 is 0 Å². The molecule has 0 atom stereocenters. The summed E-state index contributed by atoms with van der Waals surface area (Å²) < 4.78 is 52.0. The van der Waals surface area contributed by atoms with E-state index in [0.717, 1.165) is 0 Å². The van der Waals surface area contributed by atoms with Crippen LogP contribution in [0, 0.1) is 11.8 Å². The van der Waals surface area contributed by atoms with Gasteiger partial charge in [-0.15, -0.1) is 0 Å². The molecule has 0 amide bonds. The third-order valence-corrected chi connectivity index (χ3v) is 4.49. The Bertz CT molecular complexity index is 245. The van der Waals surface area contributed by atoms with E-state index in [2.05, 4.69) is 0 Å². The standard InChI is InChI=1S/C13H20F4O/c14-12(15)5-1-9(2-6-12)11(18)10-3-7-13(16,17)8-4-10/h9-11,18H,1-8H2. The van der Waals surface area contributed by atoms with Gasteiger partial charge in [0.05, 0.1) is 6.10 Å². The molecular weight excluding hydrogens is 248 g/mol. The van der Waals surface area contributed by atoms with Crippen LogP contribution in [-0.4, -0.2) is 23.1 Å². The Balaban J connectivity index is 1.83. The van der Waals surface area contributed by atoms with Gasteiger partial charge in [-0.1, -0.05) is 0 Å². The van der Waals surface area contributed by atoms with Crippen molar-refractivity contribution in [3.05, 3.63) is 0 Å². The SMILES string of the molecule is OC(C1CCC(F)(F)CC1)C1CCC(F)(F)CC1. The first-order valence-electron chi connectivity index (χ1n) is 6.73. The molecule has 1 nitrogen and oxygen atoms in total. The summed E-state index contributed by atoms with van der Waals surface area (Å²) in [6, 6.07) is 0. The number of halogens is 4. The van der Waals surface area contributed by atoms with Gasteiger partial charge in [-0.3, -0.25) is 0 Å². The van der Waals surface area contributed by atoms with Gasteiger partial charge in [0.2, 0.25) is 11.8 Å². The minimum Gasteiger partial charge on any atom is -0.393 e. The topological polar surface area (TPSA) is 20.2 Å². The van der Waals surface area contributed by atoms with Crippen molar-refractivity contribution in [3.8, 4) is 0 Å². The summed E-state index contributed by atoms with van der Waals surface area (Å²) >= 11 is 0. The van der Waals surface area contributed by atoms with Crippen LogP contribution in [0.15, 0.2) is 0 Å². The Kier molecular flexibility index (Phi) is 3.90. The molecule has 18 heavy (non-hydrogen) atoms. The number of hydrogen-bond acceptors (Lipinski definition) is 1. The lowest BCUT2D eigenvalue weighted by Gasteiger charge is -2.37. The van der Waals surface area contributed by atoms with E-state index in [1.807, 2.05) is 0 Å². The molecule has 5 heteroatoms. The molecule has 1 N–H and O–H groups in total. The fraction of sp³-hybridized carbons (Fsp3) is 1.00. The quantitative estimate of drug-likeness (QED) is 0.750. The summed E-state index contributed by atoms with van der Waals surface area (Å²) in [5.74, 6) is -5.48. The van der Waals surface area contributed by atoms with Crippen LogP contribution in [0.5, 0.6) is 0 Å². The largest absolute Gasteiger partial charge is 0.393 e. The van der Waals surface area contributed by atoms with Crippen LogP contribution in [0.3, 0.4) is 0 Å². The van der Waals surface area contributed by atoms with E-state index < -0.39 is 17.9 Å². The van der Waals surface area contributed by atoms with Gasteiger partial charge in [0.25, 0.3) is 0 Å². The normalized spacial score (nSPS) is 29.7. The monoisotopic (exact) mass is 268 g/mol. The molecule has 106 valence electrons. The Hall–Kier alpha value is -0.320. The first-order valence-corrected chi connectivity index (χ1v) is 6.73. The smallest absolute Gasteiger partial charge is 0.248 e. The summed E-state index contributed by atoms with van der Waals surface area (Å²) in [5, 5.41) is 10.1. The molecule has 0 aliphatic heterocycles. The molecule has 0 aromatic rings. The van der Waals surface area contributed by atoms with Gasteiger partial charge in [0.15, 0.2) is 0 Å². The predicted molar refractivity (Wildman–Crippen MR) is 59.8 cm³/mol. The summed E-state index contributed by atoms with van der Waals surface area (Å²) in [7, 11) is 0. The lowest BCUT2D eigenvalue weighted by atomic mass is 9.74. The average molecular weight is 268 g/mol. The Morgan fingerprint density at radius 1 is 0.722 bits per heavy atom. The van der Waals surface area contributed by atoms with Crippen molar-refractivity contribution in [2.45, 2.75) is 69.3 Å². The first-order chi connectivity index (χ1) is 8.29. The van der Waals surface area contributed by atoms with E-state index in [9.17, 15) is 22.7 Å². The van der Waals surface area contributed by atoms with Crippen LogP contribution >= 0.6 is 0 Å². The fourth-order valence-corrected chi connectivity index (χ4v) is 3.19. The molecule has 2 aliphatic rings. The van der Waals surface area contributed by atoms with Crippen molar-refractivity contribution in [2.75, 3.05) is 0 Å². The summed E-state index contributed by atoms with van der Waals surface area (Å²) in [5.41, 5.74) is 0. The number of aliphatic hydroxyl groups is 1. The average Bonchev–Trinajstić information content (AvgIpc) is 2.28. The summed E-state index contributed by atoms with van der Waals surface area (Å²) in [6.45, 7) is 0. The van der Waals surface area contributed by atoms with E-state index in [1.54, 1.807) is 0 Å². The molecule has 2 fully saturated rings. The molecule has 0 spiro atoms. The number of alkyl halides is 4. The third kappa shape index (κ3) is 3.37. The molecule has 2 aliphatic carbocycles. The van der Waals surface area contributed by atoms with Gasteiger partial charge in [-0.2, -0.15) is 0 Å². The zero-order valence-electron chi connectivity index (χ0n) is 10.3. The van der Waals surface area contributed by atoms with Crippen LogP contribution in [0.2, 0.25) is 0 Å². The molecule has 0 aromatic heterocycles. The van der Waals surface area contributed by atoms with Gasteiger partial charge < -0.3 is 5.11 Å². The van der Waals surface area contributed by atoms with Crippen LogP contribution in [0.4, 0.5) is 17.6 Å². The van der Waals surface area contributed by atoms with E-state index in [4.69, 9.17) is 0 Å². The molecule has 0 bridgehead atoms. The van der Waals surface area contributed by atoms with Crippen LogP contribution in [0.1, 0.15) is 51.4 Å². The van der Waals surface area contributed by atoms with Gasteiger partial charge in [0.1, 0.15) is 0 Å². The second-order valence-electron chi connectivity index (χ2n) is 5.88. The highest BCUT2D eigenvalue weighted by Gasteiger charge is 2.42. The van der Waals surface area contributed by atoms with E-state index >= 15 is 0 Å². The van der Waals surface area contributed by atoms with E-state index in [-0.39, 0.29) is 37.5 Å². The predicted octanol–water partition coefficient (Wildman–Crippen LogP) is 4.00. The molecule has 0 heterocycles. The summed E-state index contributed by atoms with van der Waals surface area (Å²) in [4.78, 5) is 0. The van der Waals surface area contributed by atoms with Crippen LogP contribution in [0.25, 0.3) is 0 Å². The zero-order valence-corrected chi connectivity index (χ0v) is 10.3. The second-order valence-corrected chi connectivity index (χ2v) is 5.88. The molecule has 2 rings (SSSR count). The van der Waals surface area contributed by atoms with Crippen molar-refractivity contribution >= 4 is 0 Å². The molecule has 2 saturated carbocycles. The van der Waals surface area contributed by atoms with Gasteiger partial charge in [0, 0.05) is 25.7 Å². The maximum absolute atomic E-state index is 13.0. The Morgan fingerprint density at radius 3 is 1.28 bits per heavy atom. The van der Waals surface area contributed by atoms with E-state index in [1.165, 1.54) is 0 Å². The minimum absolute atomic E-state index is 0.138. The Labute approximate surface area is 105 Å². The fourth-order valence-electron chi connectivity index (χ4n) is 3.19. The maximum Gasteiger partial charge on any atom is 0.248 e. The Morgan fingerprint density at radius 2 is 1.00 bits per heavy atom. The van der Waals surface area contributed by atoms with Crippen molar-refractivity contribution in [1.82, 2.24) is 0 Å². The van der Waals surface area contributed by atoms with Gasteiger partial charge in [-0.25, -0.2) is 17.6 Å². The van der Waals surface area contributed by atoms with Crippen molar-refractivity contribution in [2.24, 2.45) is 11.8 Å². The molecule has 0 radical (unpaired) electrons. The molecule has 0 aromatic carbocycles. The van der Waals surface area contributed by atoms with Gasteiger partial charge in [-0.05, 0) is 37.5 Å². The van der Waals surface area contributed by atoms with Crippen molar-refractivity contribution < 1.29 is 22.7 Å². The molecular formula is C13H20F4O. The maximum atomic E-state index is 13.0. The number of hydrogen-bond donors (Lipinski definition) is 1. The number of rotatable bonds is 2. The lowest BCUT2D eigenvalue weighted by molar-refractivity contribution is -0.0920. The molecule has 0 unspecified atom stereocenters. The highest BCUT2D eigenvalue weighted by Crippen LogP contribution is 2.43. The van der Waals surface area contributed by atoms with Crippen molar-refractivity contribution in [1.29, 1.82) is 0 Å². The molecule has 0 saturated heterocycles. The van der Waals surface area contributed by atoms with Crippen molar-refractivity contribution in [3.63, 3.8) is 0 Å². The lowest BCUT2D eigenvalue weighted by Crippen LogP contribution is -2.38. The zero-order chi connectivity index (χ0) is 13.4.